The van der Waals surface area contributed by atoms with Gasteiger partial charge in [-0.2, -0.15) is 0 Å². The van der Waals surface area contributed by atoms with Gasteiger partial charge in [-0.25, -0.2) is 4.39 Å². The van der Waals surface area contributed by atoms with Crippen LogP contribution in [0.1, 0.15) is 11.6 Å². The van der Waals surface area contributed by atoms with Crippen LogP contribution in [0.2, 0.25) is 0 Å². The normalized spacial score (nSPS) is 20.4. The van der Waals surface area contributed by atoms with Crippen LogP contribution < -0.4 is 10.5 Å². The van der Waals surface area contributed by atoms with Crippen LogP contribution in [0.5, 0.6) is 5.75 Å². The number of ether oxygens (including phenoxy) is 1. The molecule has 2 N–H and O–H groups in total. The second-order valence-electron chi connectivity index (χ2n) is 2.72. The minimum atomic E-state index is -0.310. The summed E-state index contributed by atoms with van der Waals surface area (Å²) in [6.45, 7) is 0.428. The van der Waals surface area contributed by atoms with E-state index in [4.69, 9.17) is 10.5 Å². The molecule has 0 unspecified atom stereocenters. The van der Waals surface area contributed by atoms with E-state index in [0.29, 0.717) is 16.8 Å². The van der Waals surface area contributed by atoms with Crippen molar-refractivity contribution in [2.45, 2.75) is 6.04 Å². The van der Waals surface area contributed by atoms with Crippen LogP contribution in [0.3, 0.4) is 0 Å². The molecule has 0 fully saturated rings. The first kappa shape index (κ1) is 8.01. The zero-order chi connectivity index (χ0) is 8.72. The van der Waals surface area contributed by atoms with Crippen molar-refractivity contribution in [1.29, 1.82) is 0 Å². The number of benzene rings is 1. The van der Waals surface area contributed by atoms with Crippen molar-refractivity contribution < 1.29 is 9.13 Å². The number of hydrogen-bond donors (Lipinski definition) is 1. The van der Waals surface area contributed by atoms with Gasteiger partial charge in [0, 0.05) is 16.1 Å². The van der Waals surface area contributed by atoms with Crippen LogP contribution >= 0.6 is 15.9 Å². The summed E-state index contributed by atoms with van der Waals surface area (Å²) in [5.74, 6) is 0.240. The first-order valence-corrected chi connectivity index (χ1v) is 4.35. The van der Waals surface area contributed by atoms with Crippen molar-refractivity contribution in [2.24, 2.45) is 5.73 Å². The number of halogens is 2. The first-order chi connectivity index (χ1) is 5.68. The topological polar surface area (TPSA) is 35.2 Å². The highest BCUT2D eigenvalue weighted by molar-refractivity contribution is 9.10. The highest BCUT2D eigenvalue weighted by atomic mass is 79.9. The summed E-state index contributed by atoms with van der Waals surface area (Å²) in [6, 6.07) is 2.61. The maximum Gasteiger partial charge on any atom is 0.128 e. The Labute approximate surface area is 77.6 Å². The maximum absolute atomic E-state index is 12.8. The quantitative estimate of drug-likeness (QED) is 0.742. The fourth-order valence-electron chi connectivity index (χ4n) is 1.30. The van der Waals surface area contributed by atoms with Crippen LogP contribution in [0.25, 0.3) is 0 Å². The van der Waals surface area contributed by atoms with E-state index in [1.165, 1.54) is 12.1 Å². The van der Waals surface area contributed by atoms with Gasteiger partial charge in [-0.15, -0.1) is 0 Å². The van der Waals surface area contributed by atoms with Crippen molar-refractivity contribution in [2.75, 3.05) is 6.61 Å². The summed E-state index contributed by atoms with van der Waals surface area (Å²) in [7, 11) is 0. The van der Waals surface area contributed by atoms with Crippen LogP contribution in [-0.2, 0) is 0 Å². The molecule has 0 amide bonds. The molecule has 0 spiro atoms. The van der Waals surface area contributed by atoms with Gasteiger partial charge in [0.2, 0.25) is 0 Å². The number of nitrogens with two attached hydrogens (primary N) is 1. The van der Waals surface area contributed by atoms with E-state index in [-0.39, 0.29) is 11.9 Å². The predicted molar refractivity (Wildman–Crippen MR) is 46.5 cm³/mol. The summed E-state index contributed by atoms with van der Waals surface area (Å²) in [5.41, 5.74) is 6.58. The Bertz CT molecular complexity index is 329. The molecule has 0 bridgehead atoms. The van der Waals surface area contributed by atoms with Gasteiger partial charge in [0.15, 0.2) is 0 Å². The van der Waals surface area contributed by atoms with Crippen molar-refractivity contribution in [3.63, 3.8) is 0 Å². The lowest BCUT2D eigenvalue weighted by atomic mass is 10.1. The molecular weight excluding hydrogens is 225 g/mol. The molecule has 1 aliphatic rings. The largest absolute Gasteiger partial charge is 0.491 e. The SMILES string of the molecule is N[C@@H]1COc2cc(F)cc(Br)c21. The molecule has 12 heavy (non-hydrogen) atoms. The molecule has 1 aliphatic heterocycles. The molecule has 1 aromatic rings. The third-order valence-electron chi connectivity index (χ3n) is 1.85. The zero-order valence-electron chi connectivity index (χ0n) is 6.18. The summed E-state index contributed by atoms with van der Waals surface area (Å²) in [5, 5.41) is 0. The van der Waals surface area contributed by atoms with E-state index >= 15 is 0 Å². The molecule has 1 atom stereocenters. The van der Waals surface area contributed by atoms with Crippen LogP contribution in [0.15, 0.2) is 16.6 Å². The van der Waals surface area contributed by atoms with E-state index < -0.39 is 0 Å². The zero-order valence-corrected chi connectivity index (χ0v) is 7.77. The Morgan fingerprint density at radius 3 is 3.08 bits per heavy atom. The summed E-state index contributed by atoms with van der Waals surface area (Å²) >= 11 is 3.24. The van der Waals surface area contributed by atoms with Gasteiger partial charge in [0.05, 0.1) is 6.04 Å². The van der Waals surface area contributed by atoms with Crippen LogP contribution in [0.4, 0.5) is 4.39 Å². The summed E-state index contributed by atoms with van der Waals surface area (Å²) < 4.78 is 18.7. The van der Waals surface area contributed by atoms with Crippen molar-refractivity contribution in [1.82, 2.24) is 0 Å². The lowest BCUT2D eigenvalue weighted by Crippen LogP contribution is -2.11. The third kappa shape index (κ3) is 1.11. The first-order valence-electron chi connectivity index (χ1n) is 3.56. The molecular formula is C8H7BrFNO. The van der Waals surface area contributed by atoms with E-state index in [9.17, 15) is 4.39 Å². The van der Waals surface area contributed by atoms with Crippen LogP contribution in [-0.4, -0.2) is 6.61 Å². The lowest BCUT2D eigenvalue weighted by molar-refractivity contribution is 0.332. The molecule has 1 aromatic carbocycles. The standard InChI is InChI=1S/C8H7BrFNO/c9-5-1-4(10)2-7-8(5)6(11)3-12-7/h1-2,6H,3,11H2/t6-/m1/s1. The van der Waals surface area contributed by atoms with Gasteiger partial charge in [-0.05, 0) is 6.07 Å². The maximum atomic E-state index is 12.8. The Hall–Kier alpha value is -0.610. The van der Waals surface area contributed by atoms with Gasteiger partial charge < -0.3 is 10.5 Å². The molecule has 64 valence electrons. The molecule has 0 radical (unpaired) electrons. The predicted octanol–water partition coefficient (Wildman–Crippen LogP) is 1.98. The number of rotatable bonds is 0. The van der Waals surface area contributed by atoms with E-state index in [1.807, 2.05) is 0 Å². The Morgan fingerprint density at radius 2 is 2.33 bits per heavy atom. The van der Waals surface area contributed by atoms with E-state index in [0.717, 1.165) is 5.56 Å². The molecule has 1 heterocycles. The molecule has 0 saturated carbocycles. The summed E-state index contributed by atoms with van der Waals surface area (Å²) in [4.78, 5) is 0. The van der Waals surface area contributed by atoms with Crippen molar-refractivity contribution in [3.05, 3.63) is 28.0 Å². The fraction of sp³-hybridized carbons (Fsp3) is 0.250. The molecule has 4 heteroatoms. The molecule has 2 nitrogen and oxygen atoms in total. The highest BCUT2D eigenvalue weighted by Crippen LogP contribution is 2.37. The van der Waals surface area contributed by atoms with Gasteiger partial charge >= 0.3 is 0 Å². The van der Waals surface area contributed by atoms with Gasteiger partial charge in [0.1, 0.15) is 18.2 Å². The minimum absolute atomic E-state index is 0.144. The highest BCUT2D eigenvalue weighted by Gasteiger charge is 2.23. The molecule has 0 saturated heterocycles. The monoisotopic (exact) mass is 231 g/mol. The van der Waals surface area contributed by atoms with Gasteiger partial charge in [-0.3, -0.25) is 0 Å². The van der Waals surface area contributed by atoms with Gasteiger partial charge in [0.25, 0.3) is 0 Å². The van der Waals surface area contributed by atoms with E-state index in [2.05, 4.69) is 15.9 Å². The van der Waals surface area contributed by atoms with E-state index in [1.54, 1.807) is 0 Å². The Balaban J connectivity index is 2.60. The minimum Gasteiger partial charge on any atom is -0.491 e. The molecule has 2 rings (SSSR count). The van der Waals surface area contributed by atoms with Crippen molar-refractivity contribution >= 4 is 15.9 Å². The number of fused-ring (bicyclic) bond motifs is 1. The summed E-state index contributed by atoms with van der Waals surface area (Å²) in [6.07, 6.45) is 0. The fourth-order valence-corrected chi connectivity index (χ4v) is 2.01. The van der Waals surface area contributed by atoms with Gasteiger partial charge in [-0.1, -0.05) is 15.9 Å². The average molecular weight is 232 g/mol. The van der Waals surface area contributed by atoms with Crippen LogP contribution in [0, 0.1) is 5.82 Å². The molecule has 0 aliphatic carbocycles. The Kier molecular flexibility index (Phi) is 1.81. The third-order valence-corrected chi connectivity index (χ3v) is 2.50. The smallest absolute Gasteiger partial charge is 0.128 e. The van der Waals surface area contributed by atoms with Crippen molar-refractivity contribution in [3.8, 4) is 5.75 Å². The average Bonchev–Trinajstić information content (AvgIpc) is 2.31. The number of hydrogen-bond acceptors (Lipinski definition) is 2. The Morgan fingerprint density at radius 1 is 1.58 bits per heavy atom. The lowest BCUT2D eigenvalue weighted by Gasteiger charge is -2.03. The second-order valence-corrected chi connectivity index (χ2v) is 3.57. The molecule has 0 aromatic heterocycles. The second kappa shape index (κ2) is 2.71.